The van der Waals surface area contributed by atoms with E-state index in [1.54, 1.807) is 12.0 Å². The number of ether oxygens (including phenoxy) is 1. The molecule has 0 saturated carbocycles. The molecule has 1 amide bonds. The third-order valence-corrected chi connectivity index (χ3v) is 5.01. The Morgan fingerprint density at radius 2 is 2.11 bits per heavy atom. The van der Waals surface area contributed by atoms with Crippen molar-refractivity contribution in [2.45, 2.75) is 19.3 Å². The second-order valence-electron chi connectivity index (χ2n) is 6.67. The summed E-state index contributed by atoms with van der Waals surface area (Å²) in [5.74, 6) is 0.493. The molecule has 8 heteroatoms. The first kappa shape index (κ1) is 18.4. The van der Waals surface area contributed by atoms with E-state index in [-0.39, 0.29) is 23.3 Å². The van der Waals surface area contributed by atoms with Gasteiger partial charge in [-0.05, 0) is 42.8 Å². The molecule has 3 aromatic rings. The fourth-order valence-electron chi connectivity index (χ4n) is 3.27. The topological polar surface area (TPSA) is 68.5 Å². The van der Waals surface area contributed by atoms with Gasteiger partial charge in [0, 0.05) is 18.5 Å². The van der Waals surface area contributed by atoms with Crippen LogP contribution in [0.5, 0.6) is 5.75 Å². The Balaban J connectivity index is 1.59. The van der Waals surface area contributed by atoms with Crippen molar-refractivity contribution in [3.05, 3.63) is 58.7 Å². The van der Waals surface area contributed by atoms with Crippen LogP contribution >= 0.6 is 11.6 Å². The number of rotatable bonds is 4. The van der Waals surface area contributed by atoms with Crippen LogP contribution in [0.15, 0.2) is 40.9 Å². The molecule has 2 aromatic carbocycles. The van der Waals surface area contributed by atoms with Gasteiger partial charge in [-0.3, -0.25) is 4.79 Å². The molecular formula is C20H17ClFN3O3. The number of hydrogen-bond acceptors (Lipinski definition) is 5. The summed E-state index contributed by atoms with van der Waals surface area (Å²) in [7, 11) is 1.57. The van der Waals surface area contributed by atoms with E-state index in [0.29, 0.717) is 29.6 Å². The van der Waals surface area contributed by atoms with E-state index in [0.717, 1.165) is 11.3 Å². The lowest BCUT2D eigenvalue weighted by Crippen LogP contribution is -2.25. The van der Waals surface area contributed by atoms with Crippen LogP contribution in [0, 0.1) is 12.7 Å². The van der Waals surface area contributed by atoms with E-state index in [1.165, 1.54) is 18.2 Å². The Morgan fingerprint density at radius 1 is 1.29 bits per heavy atom. The smallest absolute Gasteiger partial charge is 0.232 e. The second kappa shape index (κ2) is 7.24. The van der Waals surface area contributed by atoms with Crippen LogP contribution in [0.3, 0.4) is 0 Å². The molecule has 2 heterocycles. The Labute approximate surface area is 165 Å². The van der Waals surface area contributed by atoms with Crippen LogP contribution in [0.25, 0.3) is 11.4 Å². The second-order valence-corrected chi connectivity index (χ2v) is 7.07. The Kier molecular flexibility index (Phi) is 4.77. The highest BCUT2D eigenvalue weighted by Gasteiger charge is 2.36. The van der Waals surface area contributed by atoms with Crippen molar-refractivity contribution in [3.8, 4) is 17.1 Å². The molecule has 0 spiro atoms. The predicted octanol–water partition coefficient (Wildman–Crippen LogP) is 4.37. The predicted molar refractivity (Wildman–Crippen MR) is 102 cm³/mol. The average molecular weight is 402 g/mol. The minimum Gasteiger partial charge on any atom is -0.495 e. The minimum absolute atomic E-state index is 0.0161. The maximum atomic E-state index is 13.4. The van der Waals surface area contributed by atoms with Crippen molar-refractivity contribution in [1.29, 1.82) is 0 Å². The summed E-state index contributed by atoms with van der Waals surface area (Å²) in [6.07, 6.45) is 0.253. The first-order chi connectivity index (χ1) is 13.5. The molecule has 1 saturated heterocycles. The Hall–Kier alpha value is -2.93. The zero-order valence-electron chi connectivity index (χ0n) is 15.3. The van der Waals surface area contributed by atoms with Crippen LogP contribution in [0.4, 0.5) is 10.1 Å². The maximum Gasteiger partial charge on any atom is 0.232 e. The van der Waals surface area contributed by atoms with Gasteiger partial charge in [0.05, 0.1) is 23.7 Å². The molecule has 1 aliphatic rings. The van der Waals surface area contributed by atoms with Crippen LogP contribution in [0.1, 0.15) is 23.8 Å². The minimum atomic E-state index is -0.515. The summed E-state index contributed by atoms with van der Waals surface area (Å²) in [6.45, 7) is 2.36. The molecule has 144 valence electrons. The molecule has 1 fully saturated rings. The third kappa shape index (κ3) is 3.33. The molecule has 1 aromatic heterocycles. The van der Waals surface area contributed by atoms with Gasteiger partial charge in [0.1, 0.15) is 11.6 Å². The van der Waals surface area contributed by atoms with Gasteiger partial charge in [0.2, 0.25) is 17.6 Å². The standard InChI is InChI=1S/C20H17ClFN3O3/c1-11-3-6-17(27-2)16(7-11)25-10-13(9-18(25)26)20-23-19(24-28-20)12-4-5-15(22)14(21)8-12/h3-8,13H,9-10H2,1-2H3. The summed E-state index contributed by atoms with van der Waals surface area (Å²) in [6, 6.07) is 9.90. The summed E-state index contributed by atoms with van der Waals surface area (Å²) in [5.41, 5.74) is 2.29. The normalized spacial score (nSPS) is 16.6. The monoisotopic (exact) mass is 401 g/mol. The third-order valence-electron chi connectivity index (χ3n) is 4.72. The fraction of sp³-hybridized carbons (Fsp3) is 0.250. The zero-order chi connectivity index (χ0) is 19.8. The highest BCUT2D eigenvalue weighted by Crippen LogP contribution is 2.37. The van der Waals surface area contributed by atoms with E-state index in [9.17, 15) is 9.18 Å². The lowest BCUT2D eigenvalue weighted by atomic mass is 10.1. The van der Waals surface area contributed by atoms with Gasteiger partial charge < -0.3 is 14.2 Å². The molecule has 6 nitrogen and oxygen atoms in total. The molecule has 1 atom stereocenters. The number of nitrogens with zero attached hydrogens (tertiary/aromatic N) is 3. The SMILES string of the molecule is COc1ccc(C)cc1N1CC(c2nc(-c3ccc(F)c(Cl)c3)no2)CC1=O. The van der Waals surface area contributed by atoms with Gasteiger partial charge in [0.15, 0.2) is 0 Å². The number of methoxy groups -OCH3 is 1. The van der Waals surface area contributed by atoms with E-state index in [4.69, 9.17) is 20.9 Å². The summed E-state index contributed by atoms with van der Waals surface area (Å²) >= 11 is 5.82. The van der Waals surface area contributed by atoms with Crippen molar-refractivity contribution >= 4 is 23.2 Å². The molecule has 0 bridgehead atoms. The van der Waals surface area contributed by atoms with Gasteiger partial charge in [-0.2, -0.15) is 4.98 Å². The molecule has 0 radical (unpaired) electrons. The molecular weight excluding hydrogens is 385 g/mol. The van der Waals surface area contributed by atoms with Gasteiger partial charge in [0.25, 0.3) is 0 Å². The first-order valence-corrected chi connectivity index (χ1v) is 9.08. The van der Waals surface area contributed by atoms with Gasteiger partial charge >= 0.3 is 0 Å². The number of halogens is 2. The lowest BCUT2D eigenvalue weighted by molar-refractivity contribution is -0.117. The number of carbonyl (C=O) groups excluding carboxylic acids is 1. The molecule has 1 unspecified atom stereocenters. The summed E-state index contributed by atoms with van der Waals surface area (Å²) in [5, 5.41) is 3.93. The fourth-order valence-corrected chi connectivity index (χ4v) is 3.45. The number of hydrogen-bond donors (Lipinski definition) is 0. The van der Waals surface area contributed by atoms with Crippen molar-refractivity contribution in [2.24, 2.45) is 0 Å². The molecule has 0 N–H and O–H groups in total. The van der Waals surface area contributed by atoms with E-state index in [2.05, 4.69) is 10.1 Å². The average Bonchev–Trinajstić information content (AvgIpc) is 3.31. The highest BCUT2D eigenvalue weighted by molar-refractivity contribution is 6.31. The maximum absolute atomic E-state index is 13.4. The van der Waals surface area contributed by atoms with Crippen LogP contribution < -0.4 is 9.64 Å². The summed E-state index contributed by atoms with van der Waals surface area (Å²) < 4.78 is 24.1. The Bertz CT molecular complexity index is 1050. The molecule has 28 heavy (non-hydrogen) atoms. The molecule has 1 aliphatic heterocycles. The number of aryl methyl sites for hydroxylation is 1. The quantitative estimate of drug-likeness (QED) is 0.649. The van der Waals surface area contributed by atoms with Crippen molar-refractivity contribution in [3.63, 3.8) is 0 Å². The van der Waals surface area contributed by atoms with E-state index >= 15 is 0 Å². The largest absolute Gasteiger partial charge is 0.495 e. The Morgan fingerprint density at radius 3 is 2.86 bits per heavy atom. The van der Waals surface area contributed by atoms with Gasteiger partial charge in [-0.25, -0.2) is 4.39 Å². The number of amides is 1. The van der Waals surface area contributed by atoms with Crippen molar-refractivity contribution in [1.82, 2.24) is 10.1 Å². The van der Waals surface area contributed by atoms with Gasteiger partial charge in [-0.1, -0.05) is 22.8 Å². The van der Waals surface area contributed by atoms with E-state index < -0.39 is 5.82 Å². The number of anilines is 1. The van der Waals surface area contributed by atoms with Gasteiger partial charge in [-0.15, -0.1) is 0 Å². The summed E-state index contributed by atoms with van der Waals surface area (Å²) in [4.78, 5) is 18.7. The first-order valence-electron chi connectivity index (χ1n) is 8.70. The van der Waals surface area contributed by atoms with Crippen molar-refractivity contribution < 1.29 is 18.4 Å². The van der Waals surface area contributed by atoms with E-state index in [1.807, 2.05) is 25.1 Å². The van der Waals surface area contributed by atoms with Crippen LogP contribution in [-0.2, 0) is 4.79 Å². The molecule has 0 aliphatic carbocycles. The highest BCUT2D eigenvalue weighted by atomic mass is 35.5. The van der Waals surface area contributed by atoms with Crippen LogP contribution in [-0.4, -0.2) is 29.7 Å². The zero-order valence-corrected chi connectivity index (χ0v) is 16.0. The lowest BCUT2D eigenvalue weighted by Gasteiger charge is -2.19. The number of carbonyl (C=O) groups is 1. The molecule has 4 rings (SSSR count). The van der Waals surface area contributed by atoms with Crippen molar-refractivity contribution in [2.75, 3.05) is 18.6 Å². The number of benzene rings is 2. The van der Waals surface area contributed by atoms with Crippen LogP contribution in [0.2, 0.25) is 5.02 Å². The number of aromatic nitrogens is 2.